The highest BCUT2D eigenvalue weighted by Gasteiger charge is 2.32. The van der Waals surface area contributed by atoms with Gasteiger partial charge in [-0.2, -0.15) is 0 Å². The van der Waals surface area contributed by atoms with Gasteiger partial charge in [0.15, 0.2) is 11.6 Å². The number of nitrogens with one attached hydrogen (secondary N) is 1. The van der Waals surface area contributed by atoms with Crippen molar-refractivity contribution in [2.75, 3.05) is 11.4 Å². The maximum Gasteiger partial charge on any atom is 0.170 e. The lowest BCUT2D eigenvalue weighted by Crippen LogP contribution is -2.27. The molecule has 0 aromatic carbocycles. The predicted molar refractivity (Wildman–Crippen MR) is 85.1 cm³/mol. The third-order valence-corrected chi connectivity index (χ3v) is 4.54. The van der Waals surface area contributed by atoms with Gasteiger partial charge < -0.3 is 10.2 Å². The van der Waals surface area contributed by atoms with Gasteiger partial charge in [0, 0.05) is 29.2 Å². The summed E-state index contributed by atoms with van der Waals surface area (Å²) < 4.78 is 14.7. The van der Waals surface area contributed by atoms with Crippen LogP contribution in [0.4, 0.5) is 10.2 Å². The maximum atomic E-state index is 14.7. The average Bonchev–Trinajstić information content (AvgIpc) is 3.21. The number of pyridine rings is 1. The van der Waals surface area contributed by atoms with Crippen LogP contribution in [-0.4, -0.2) is 17.6 Å². The Morgan fingerprint density at radius 2 is 2.29 bits per heavy atom. The third kappa shape index (κ3) is 3.41. The quantitative estimate of drug-likeness (QED) is 0.848. The number of anilines is 1. The molecule has 2 aromatic rings. The Balaban J connectivity index is 1.85. The fourth-order valence-corrected chi connectivity index (χ4v) is 3.10. The first-order valence-corrected chi connectivity index (χ1v) is 8.30. The van der Waals surface area contributed by atoms with Gasteiger partial charge in [-0.25, -0.2) is 9.37 Å². The molecule has 5 heteroatoms. The van der Waals surface area contributed by atoms with Crippen molar-refractivity contribution in [2.24, 2.45) is 0 Å². The minimum Gasteiger partial charge on any atom is -0.346 e. The highest BCUT2D eigenvalue weighted by Crippen LogP contribution is 2.34. The molecule has 1 fully saturated rings. The first-order valence-electron chi connectivity index (χ1n) is 7.42. The molecule has 0 amide bonds. The molecule has 0 atom stereocenters. The van der Waals surface area contributed by atoms with Gasteiger partial charge in [-0.1, -0.05) is 13.0 Å². The number of thiophene rings is 1. The van der Waals surface area contributed by atoms with Crippen molar-refractivity contribution in [3.05, 3.63) is 46.0 Å². The Kier molecular flexibility index (Phi) is 4.51. The summed E-state index contributed by atoms with van der Waals surface area (Å²) in [4.78, 5) is 7.69. The third-order valence-electron chi connectivity index (χ3n) is 3.68. The van der Waals surface area contributed by atoms with Crippen molar-refractivity contribution in [2.45, 2.75) is 38.9 Å². The maximum absolute atomic E-state index is 14.7. The molecule has 0 saturated heterocycles. The van der Waals surface area contributed by atoms with E-state index in [0.717, 1.165) is 25.9 Å². The van der Waals surface area contributed by atoms with Crippen LogP contribution in [0.5, 0.6) is 0 Å². The molecule has 0 radical (unpaired) electrons. The van der Waals surface area contributed by atoms with Crippen LogP contribution in [0.1, 0.15) is 30.2 Å². The summed E-state index contributed by atoms with van der Waals surface area (Å²) in [5.74, 6) is 0.322. The molecule has 3 nitrogen and oxygen atoms in total. The van der Waals surface area contributed by atoms with Gasteiger partial charge in [0.1, 0.15) is 0 Å². The van der Waals surface area contributed by atoms with Crippen molar-refractivity contribution in [1.82, 2.24) is 10.3 Å². The van der Waals surface area contributed by atoms with E-state index in [1.807, 2.05) is 13.0 Å². The Morgan fingerprint density at radius 3 is 2.95 bits per heavy atom. The summed E-state index contributed by atoms with van der Waals surface area (Å²) in [5, 5.41) is 5.24. The largest absolute Gasteiger partial charge is 0.346 e. The Bertz CT molecular complexity index is 581. The number of nitrogens with zero attached hydrogens (tertiary/aromatic N) is 2. The molecule has 21 heavy (non-hydrogen) atoms. The van der Waals surface area contributed by atoms with Crippen molar-refractivity contribution < 1.29 is 4.39 Å². The van der Waals surface area contributed by atoms with E-state index in [1.54, 1.807) is 23.6 Å². The van der Waals surface area contributed by atoms with E-state index in [0.29, 0.717) is 24.0 Å². The normalized spacial score (nSPS) is 14.4. The van der Waals surface area contributed by atoms with E-state index in [1.165, 1.54) is 4.88 Å². The van der Waals surface area contributed by atoms with E-state index in [9.17, 15) is 4.39 Å². The van der Waals surface area contributed by atoms with Gasteiger partial charge in [0.25, 0.3) is 0 Å². The molecule has 3 rings (SSSR count). The molecular formula is C16H20FN3S. The fraction of sp³-hybridized carbons (Fsp3) is 0.438. The summed E-state index contributed by atoms with van der Waals surface area (Å²) in [6.45, 7) is 4.15. The van der Waals surface area contributed by atoms with Crippen LogP contribution in [0.25, 0.3) is 0 Å². The Labute approximate surface area is 128 Å². The summed E-state index contributed by atoms with van der Waals surface area (Å²) in [7, 11) is 0. The zero-order valence-electron chi connectivity index (χ0n) is 12.2. The van der Waals surface area contributed by atoms with Crippen LogP contribution in [0, 0.1) is 5.82 Å². The molecule has 0 aliphatic heterocycles. The topological polar surface area (TPSA) is 28.2 Å². The lowest BCUT2D eigenvalue weighted by atomic mass is 10.2. The van der Waals surface area contributed by atoms with E-state index in [-0.39, 0.29) is 5.82 Å². The molecule has 0 spiro atoms. The van der Waals surface area contributed by atoms with E-state index in [2.05, 4.69) is 26.6 Å². The SMILES string of the molecule is CCNCc1ccnc(N(Cc2cccs2)C2CC2)c1F. The second-order valence-electron chi connectivity index (χ2n) is 5.33. The zero-order chi connectivity index (χ0) is 14.7. The molecular weight excluding hydrogens is 285 g/mol. The van der Waals surface area contributed by atoms with Crippen LogP contribution in [0.3, 0.4) is 0 Å². The molecule has 1 N–H and O–H groups in total. The number of hydrogen-bond acceptors (Lipinski definition) is 4. The number of rotatable bonds is 7. The van der Waals surface area contributed by atoms with Crippen LogP contribution >= 0.6 is 11.3 Å². The molecule has 1 aliphatic rings. The highest BCUT2D eigenvalue weighted by molar-refractivity contribution is 7.09. The summed E-state index contributed by atoms with van der Waals surface area (Å²) >= 11 is 1.71. The van der Waals surface area contributed by atoms with Gasteiger partial charge in [0.2, 0.25) is 0 Å². The average molecular weight is 305 g/mol. The Morgan fingerprint density at radius 1 is 1.43 bits per heavy atom. The van der Waals surface area contributed by atoms with Gasteiger partial charge in [0.05, 0.1) is 6.54 Å². The van der Waals surface area contributed by atoms with Crippen molar-refractivity contribution in [3.63, 3.8) is 0 Å². The minimum absolute atomic E-state index is 0.179. The molecule has 0 bridgehead atoms. The van der Waals surface area contributed by atoms with Gasteiger partial charge >= 0.3 is 0 Å². The zero-order valence-corrected chi connectivity index (χ0v) is 13.0. The minimum atomic E-state index is -0.179. The Hall–Kier alpha value is -1.46. The number of aromatic nitrogens is 1. The molecule has 2 aromatic heterocycles. The van der Waals surface area contributed by atoms with Gasteiger partial charge in [-0.15, -0.1) is 11.3 Å². The second kappa shape index (κ2) is 6.54. The number of halogens is 1. The fourth-order valence-electron chi connectivity index (χ4n) is 2.40. The van der Waals surface area contributed by atoms with Crippen molar-refractivity contribution >= 4 is 17.2 Å². The monoisotopic (exact) mass is 305 g/mol. The van der Waals surface area contributed by atoms with Crippen LogP contribution in [0.2, 0.25) is 0 Å². The summed E-state index contributed by atoms with van der Waals surface area (Å²) in [6, 6.07) is 6.33. The highest BCUT2D eigenvalue weighted by atomic mass is 32.1. The van der Waals surface area contributed by atoms with Gasteiger partial charge in [-0.3, -0.25) is 0 Å². The van der Waals surface area contributed by atoms with E-state index in [4.69, 9.17) is 0 Å². The van der Waals surface area contributed by atoms with Crippen LogP contribution in [-0.2, 0) is 13.1 Å². The van der Waals surface area contributed by atoms with Gasteiger partial charge in [-0.05, 0) is 36.9 Å². The van der Waals surface area contributed by atoms with E-state index < -0.39 is 0 Å². The first kappa shape index (κ1) is 14.5. The second-order valence-corrected chi connectivity index (χ2v) is 6.36. The predicted octanol–water partition coefficient (Wildman–Crippen LogP) is 3.56. The molecule has 1 aliphatic carbocycles. The molecule has 0 unspecified atom stereocenters. The molecule has 1 saturated carbocycles. The van der Waals surface area contributed by atoms with Crippen molar-refractivity contribution in [1.29, 1.82) is 0 Å². The van der Waals surface area contributed by atoms with Crippen molar-refractivity contribution in [3.8, 4) is 0 Å². The molecule has 112 valence electrons. The van der Waals surface area contributed by atoms with Crippen LogP contribution < -0.4 is 10.2 Å². The summed E-state index contributed by atoms with van der Waals surface area (Å²) in [6.07, 6.45) is 3.97. The molecule has 2 heterocycles. The first-order chi connectivity index (χ1) is 10.3. The lowest BCUT2D eigenvalue weighted by molar-refractivity contribution is 0.577. The summed E-state index contributed by atoms with van der Waals surface area (Å²) in [5.41, 5.74) is 0.693. The lowest BCUT2D eigenvalue weighted by Gasteiger charge is -2.24. The van der Waals surface area contributed by atoms with Crippen LogP contribution in [0.15, 0.2) is 29.8 Å². The number of hydrogen-bond donors (Lipinski definition) is 1. The standard InChI is InChI=1S/C16H20FN3S/c1-2-18-10-12-7-8-19-16(15(12)17)20(13-5-6-13)11-14-4-3-9-21-14/h3-4,7-9,13,18H,2,5-6,10-11H2,1H3. The van der Waals surface area contributed by atoms with E-state index >= 15 is 0 Å². The smallest absolute Gasteiger partial charge is 0.170 e.